The van der Waals surface area contributed by atoms with E-state index in [4.69, 9.17) is 4.74 Å². The van der Waals surface area contributed by atoms with Gasteiger partial charge in [-0.2, -0.15) is 0 Å². The van der Waals surface area contributed by atoms with E-state index in [9.17, 15) is 19.7 Å². The zero-order valence-electron chi connectivity index (χ0n) is 12.3. The zero-order valence-corrected chi connectivity index (χ0v) is 12.3. The van der Waals surface area contributed by atoms with Gasteiger partial charge in [0.25, 0.3) is 5.69 Å². The molecule has 1 unspecified atom stereocenters. The van der Waals surface area contributed by atoms with Crippen LogP contribution >= 0.6 is 0 Å². The summed E-state index contributed by atoms with van der Waals surface area (Å²) in [6.07, 6.45) is -0.446. The first-order chi connectivity index (χ1) is 10.3. The van der Waals surface area contributed by atoms with Crippen molar-refractivity contribution in [1.29, 1.82) is 0 Å². The summed E-state index contributed by atoms with van der Waals surface area (Å²) >= 11 is 0. The highest BCUT2D eigenvalue weighted by Gasteiger charge is 2.22. The Morgan fingerprint density at radius 3 is 2.73 bits per heavy atom. The lowest BCUT2D eigenvalue weighted by Crippen LogP contribution is -2.21. The molecule has 0 saturated carbocycles. The number of hydrogen-bond acceptors (Lipinski definition) is 5. The summed E-state index contributed by atoms with van der Waals surface area (Å²) in [7, 11) is 0. The average molecular weight is 307 g/mol. The molecule has 1 rings (SSSR count). The minimum absolute atomic E-state index is 0.162. The van der Waals surface area contributed by atoms with Crippen molar-refractivity contribution in [3.05, 3.63) is 52.2 Å². The molecular formula is C14H17N3O5. The van der Waals surface area contributed by atoms with Crippen LogP contribution in [0.3, 0.4) is 0 Å². The normalized spacial score (nSPS) is 11.2. The first-order valence-corrected chi connectivity index (χ1v) is 6.44. The van der Waals surface area contributed by atoms with Gasteiger partial charge in [0, 0.05) is 19.5 Å². The van der Waals surface area contributed by atoms with Gasteiger partial charge in [-0.15, -0.1) is 0 Å². The Morgan fingerprint density at radius 1 is 1.50 bits per heavy atom. The van der Waals surface area contributed by atoms with Crippen LogP contribution in [0.25, 0.3) is 0 Å². The van der Waals surface area contributed by atoms with E-state index in [1.54, 1.807) is 0 Å². The molecule has 8 nitrogen and oxygen atoms in total. The molecule has 0 spiro atoms. The fraction of sp³-hybridized carbons (Fsp3) is 0.286. The maximum atomic E-state index is 11.4. The van der Waals surface area contributed by atoms with Gasteiger partial charge in [0.2, 0.25) is 5.91 Å². The van der Waals surface area contributed by atoms with Gasteiger partial charge in [-0.25, -0.2) is 4.79 Å². The van der Waals surface area contributed by atoms with Crippen molar-refractivity contribution in [1.82, 2.24) is 10.6 Å². The molecule has 1 aromatic rings. The van der Waals surface area contributed by atoms with Gasteiger partial charge >= 0.3 is 6.09 Å². The van der Waals surface area contributed by atoms with Gasteiger partial charge in [-0.3, -0.25) is 20.2 Å². The van der Waals surface area contributed by atoms with Crippen LogP contribution in [0.2, 0.25) is 0 Å². The molecule has 22 heavy (non-hydrogen) atoms. The number of alkyl carbamates (subject to hydrolysis) is 1. The summed E-state index contributed by atoms with van der Waals surface area (Å²) < 4.78 is 5.04. The number of benzene rings is 1. The van der Waals surface area contributed by atoms with Crippen LogP contribution in [-0.2, 0) is 16.1 Å². The molecule has 1 atom stereocenters. The predicted octanol–water partition coefficient (Wildman–Crippen LogP) is 2.16. The van der Waals surface area contributed by atoms with E-state index in [1.165, 1.54) is 32.0 Å². The summed E-state index contributed by atoms with van der Waals surface area (Å²) in [5, 5.41) is 15.9. The lowest BCUT2D eigenvalue weighted by Gasteiger charge is -2.14. The Labute approximate surface area is 127 Å². The molecule has 2 amide bonds. The highest BCUT2D eigenvalue weighted by Crippen LogP contribution is 2.28. The van der Waals surface area contributed by atoms with E-state index in [2.05, 4.69) is 17.2 Å². The Hall–Kier alpha value is -2.90. The molecule has 0 heterocycles. The molecule has 8 heteroatoms. The predicted molar refractivity (Wildman–Crippen MR) is 78.8 cm³/mol. The number of carbonyl (C=O) groups is 2. The molecule has 0 aliphatic rings. The molecule has 0 aliphatic heterocycles. The fourth-order valence-electron chi connectivity index (χ4n) is 1.77. The van der Waals surface area contributed by atoms with E-state index in [1.807, 2.05) is 0 Å². The number of nitrogens with zero attached hydrogens (tertiary/aromatic N) is 1. The second-order valence-electron chi connectivity index (χ2n) is 4.46. The van der Waals surface area contributed by atoms with E-state index in [0.29, 0.717) is 5.56 Å². The molecule has 0 bridgehead atoms. The number of hydrogen-bond donors (Lipinski definition) is 2. The molecule has 118 valence electrons. The van der Waals surface area contributed by atoms with Crippen molar-refractivity contribution in [3.8, 4) is 0 Å². The molecule has 0 saturated heterocycles. The van der Waals surface area contributed by atoms with Crippen molar-refractivity contribution >= 4 is 17.7 Å². The first kappa shape index (κ1) is 17.2. The number of carbonyl (C=O) groups excluding carboxylic acids is 2. The van der Waals surface area contributed by atoms with Crippen molar-refractivity contribution in [2.45, 2.75) is 26.5 Å². The van der Waals surface area contributed by atoms with Crippen LogP contribution in [-0.4, -0.2) is 16.9 Å². The minimum atomic E-state index is -0.836. The number of rotatable bonds is 6. The molecule has 0 aromatic heterocycles. The third kappa shape index (κ3) is 4.89. The van der Waals surface area contributed by atoms with Gasteiger partial charge < -0.3 is 10.1 Å². The second-order valence-corrected chi connectivity index (χ2v) is 4.46. The molecule has 0 radical (unpaired) electrons. The third-order valence-corrected chi connectivity index (χ3v) is 2.77. The highest BCUT2D eigenvalue weighted by molar-refractivity contribution is 5.72. The smallest absolute Gasteiger partial charge is 0.411 e. The van der Waals surface area contributed by atoms with Crippen molar-refractivity contribution in [2.24, 2.45) is 0 Å². The van der Waals surface area contributed by atoms with E-state index in [-0.39, 0.29) is 23.7 Å². The number of ether oxygens (including phenoxy) is 1. The van der Waals surface area contributed by atoms with Gasteiger partial charge in [0.15, 0.2) is 0 Å². The Balaban J connectivity index is 3.03. The van der Waals surface area contributed by atoms with E-state index < -0.39 is 17.1 Å². The Morgan fingerprint density at radius 2 is 2.18 bits per heavy atom. The molecule has 1 aromatic carbocycles. The topological polar surface area (TPSA) is 111 Å². The molecule has 0 aliphatic carbocycles. The lowest BCUT2D eigenvalue weighted by atomic mass is 10.0. The van der Waals surface area contributed by atoms with Gasteiger partial charge in [0.1, 0.15) is 6.10 Å². The van der Waals surface area contributed by atoms with E-state index in [0.717, 1.165) is 6.20 Å². The highest BCUT2D eigenvalue weighted by atomic mass is 16.6. The van der Waals surface area contributed by atoms with Gasteiger partial charge in [-0.05, 0) is 24.8 Å². The Kier molecular flexibility index (Phi) is 6.06. The summed E-state index contributed by atoms with van der Waals surface area (Å²) in [6, 6.07) is 4.38. The largest absolute Gasteiger partial charge is 0.441 e. The van der Waals surface area contributed by atoms with Crippen molar-refractivity contribution in [3.63, 3.8) is 0 Å². The minimum Gasteiger partial charge on any atom is -0.441 e. The van der Waals surface area contributed by atoms with Crippen LogP contribution in [0.5, 0.6) is 0 Å². The monoisotopic (exact) mass is 307 g/mol. The van der Waals surface area contributed by atoms with Crippen LogP contribution in [0.4, 0.5) is 10.5 Å². The molecular weight excluding hydrogens is 290 g/mol. The Bertz CT molecular complexity index is 600. The number of amides is 2. The van der Waals surface area contributed by atoms with Crippen LogP contribution in [0.15, 0.2) is 31.0 Å². The fourth-order valence-corrected chi connectivity index (χ4v) is 1.77. The summed E-state index contributed by atoms with van der Waals surface area (Å²) in [5.74, 6) is -0.213. The van der Waals surface area contributed by atoms with E-state index >= 15 is 0 Å². The quantitative estimate of drug-likeness (QED) is 0.618. The van der Waals surface area contributed by atoms with Gasteiger partial charge in [0.05, 0.1) is 10.5 Å². The van der Waals surface area contributed by atoms with Crippen LogP contribution in [0.1, 0.15) is 31.1 Å². The van der Waals surface area contributed by atoms with Crippen LogP contribution in [0, 0.1) is 10.1 Å². The maximum absolute atomic E-state index is 11.4. The van der Waals surface area contributed by atoms with Crippen molar-refractivity contribution < 1.29 is 19.2 Å². The molecule has 0 fully saturated rings. The second kappa shape index (κ2) is 7.77. The summed E-state index contributed by atoms with van der Waals surface area (Å²) in [4.78, 5) is 32.8. The number of nitrogens with one attached hydrogen (secondary N) is 2. The van der Waals surface area contributed by atoms with Crippen LogP contribution < -0.4 is 10.6 Å². The maximum Gasteiger partial charge on any atom is 0.411 e. The molecule has 2 N–H and O–H groups in total. The lowest BCUT2D eigenvalue weighted by molar-refractivity contribution is -0.386. The summed E-state index contributed by atoms with van der Waals surface area (Å²) in [6.45, 7) is 6.44. The van der Waals surface area contributed by atoms with Gasteiger partial charge in [-0.1, -0.05) is 12.6 Å². The average Bonchev–Trinajstić information content (AvgIpc) is 2.44. The SMILES string of the molecule is C=CNC(=O)OC(C)c1cc(CNC(C)=O)ccc1[N+](=O)[O-]. The summed E-state index contributed by atoms with van der Waals surface area (Å²) in [5.41, 5.74) is 0.743. The standard InChI is InChI=1S/C14H17N3O5/c1-4-15-14(19)22-9(2)12-7-11(8-16-10(3)18)5-6-13(12)17(20)21/h4-7,9H,1,8H2,2-3H3,(H,15,19)(H,16,18). The number of nitro groups is 1. The number of nitro benzene ring substituents is 1. The first-order valence-electron chi connectivity index (χ1n) is 6.44. The zero-order chi connectivity index (χ0) is 16.7. The van der Waals surface area contributed by atoms with Crippen molar-refractivity contribution in [2.75, 3.05) is 0 Å². The third-order valence-electron chi connectivity index (χ3n) is 2.77.